The normalized spacial score (nSPS) is 11.4. The topological polar surface area (TPSA) is 68.0 Å². The predicted molar refractivity (Wildman–Crippen MR) is 106 cm³/mol. The highest BCUT2D eigenvalue weighted by molar-refractivity contribution is 7.15. The van der Waals surface area contributed by atoms with Crippen molar-refractivity contribution < 1.29 is 22.4 Å². The van der Waals surface area contributed by atoms with E-state index in [0.29, 0.717) is 17.3 Å². The SMILES string of the molecule is O=C(Nc1ncc(Cc2ccc(C(F)(F)F)cc2)s1)c1ccc(-c2cccnc2)o1. The fourth-order valence-electron chi connectivity index (χ4n) is 2.74. The summed E-state index contributed by atoms with van der Waals surface area (Å²) < 4.78 is 43.5. The second-order valence-corrected chi connectivity index (χ2v) is 7.48. The van der Waals surface area contributed by atoms with Crippen molar-refractivity contribution in [3.63, 3.8) is 0 Å². The molecule has 1 aromatic carbocycles. The molecule has 30 heavy (non-hydrogen) atoms. The van der Waals surface area contributed by atoms with Gasteiger partial charge in [-0.3, -0.25) is 15.1 Å². The maximum absolute atomic E-state index is 12.7. The summed E-state index contributed by atoms with van der Waals surface area (Å²) in [5, 5.41) is 3.04. The Labute approximate surface area is 173 Å². The molecule has 0 spiro atoms. The number of nitrogens with one attached hydrogen (secondary N) is 1. The third kappa shape index (κ3) is 4.57. The molecule has 0 saturated carbocycles. The van der Waals surface area contributed by atoms with E-state index < -0.39 is 17.6 Å². The molecule has 5 nitrogen and oxygen atoms in total. The Hall–Kier alpha value is -3.46. The Kier molecular flexibility index (Phi) is 5.37. The summed E-state index contributed by atoms with van der Waals surface area (Å²) in [4.78, 5) is 21.4. The molecule has 4 aromatic rings. The van der Waals surface area contributed by atoms with Crippen molar-refractivity contribution in [3.8, 4) is 11.3 Å². The predicted octanol–water partition coefficient (Wildman–Crippen LogP) is 5.66. The van der Waals surface area contributed by atoms with Gasteiger partial charge in [0.2, 0.25) is 0 Å². The van der Waals surface area contributed by atoms with Crippen molar-refractivity contribution in [2.75, 3.05) is 5.32 Å². The van der Waals surface area contributed by atoms with Crippen LogP contribution in [0.25, 0.3) is 11.3 Å². The van der Waals surface area contributed by atoms with E-state index in [0.717, 1.165) is 28.1 Å². The molecule has 0 saturated heterocycles. The van der Waals surface area contributed by atoms with E-state index in [1.54, 1.807) is 36.8 Å². The molecule has 0 radical (unpaired) electrons. The van der Waals surface area contributed by atoms with Crippen LogP contribution in [-0.4, -0.2) is 15.9 Å². The highest BCUT2D eigenvalue weighted by atomic mass is 32.1. The number of hydrogen-bond donors (Lipinski definition) is 1. The second kappa shape index (κ2) is 8.11. The van der Waals surface area contributed by atoms with Crippen molar-refractivity contribution in [2.45, 2.75) is 12.6 Å². The Bertz CT molecular complexity index is 1150. The summed E-state index contributed by atoms with van der Waals surface area (Å²) in [5.74, 6) is 0.212. The summed E-state index contributed by atoms with van der Waals surface area (Å²) in [6.45, 7) is 0. The third-order valence-electron chi connectivity index (χ3n) is 4.21. The lowest BCUT2D eigenvalue weighted by Gasteiger charge is -2.06. The second-order valence-electron chi connectivity index (χ2n) is 6.36. The molecule has 1 N–H and O–H groups in total. The van der Waals surface area contributed by atoms with Crippen molar-refractivity contribution in [1.82, 2.24) is 9.97 Å². The number of pyridine rings is 1. The number of aromatic nitrogens is 2. The van der Waals surface area contributed by atoms with Crippen LogP contribution in [0.5, 0.6) is 0 Å². The molecule has 0 aliphatic rings. The van der Waals surface area contributed by atoms with Gasteiger partial charge >= 0.3 is 6.18 Å². The van der Waals surface area contributed by atoms with Crippen LogP contribution >= 0.6 is 11.3 Å². The lowest BCUT2D eigenvalue weighted by atomic mass is 10.1. The van der Waals surface area contributed by atoms with E-state index in [-0.39, 0.29) is 5.76 Å². The Morgan fingerprint density at radius 2 is 1.87 bits per heavy atom. The van der Waals surface area contributed by atoms with Crippen LogP contribution in [0.15, 0.2) is 71.5 Å². The lowest BCUT2D eigenvalue weighted by molar-refractivity contribution is -0.137. The molecule has 0 unspecified atom stereocenters. The average molecular weight is 429 g/mol. The van der Waals surface area contributed by atoms with Crippen molar-refractivity contribution in [3.05, 3.63) is 88.9 Å². The van der Waals surface area contributed by atoms with Gasteiger partial charge in [-0.15, -0.1) is 11.3 Å². The molecule has 1 amide bonds. The lowest BCUT2D eigenvalue weighted by Crippen LogP contribution is -2.10. The van der Waals surface area contributed by atoms with Gasteiger partial charge in [0.25, 0.3) is 5.91 Å². The number of nitrogens with zero attached hydrogens (tertiary/aromatic N) is 2. The molecule has 0 aliphatic heterocycles. The van der Waals surface area contributed by atoms with Crippen molar-refractivity contribution in [1.29, 1.82) is 0 Å². The molecule has 0 fully saturated rings. The van der Waals surface area contributed by atoms with Crippen molar-refractivity contribution in [2.24, 2.45) is 0 Å². The Morgan fingerprint density at radius 3 is 2.57 bits per heavy atom. The van der Waals surface area contributed by atoms with Gasteiger partial charge in [-0.05, 0) is 42.0 Å². The van der Waals surface area contributed by atoms with Gasteiger partial charge in [-0.2, -0.15) is 13.2 Å². The van der Waals surface area contributed by atoms with E-state index in [9.17, 15) is 18.0 Å². The first-order valence-electron chi connectivity index (χ1n) is 8.81. The zero-order valence-corrected chi connectivity index (χ0v) is 16.1. The zero-order chi connectivity index (χ0) is 21.1. The van der Waals surface area contributed by atoms with E-state index in [4.69, 9.17) is 4.42 Å². The van der Waals surface area contributed by atoms with E-state index in [1.807, 2.05) is 6.07 Å². The van der Waals surface area contributed by atoms with Gasteiger partial charge in [0.05, 0.1) is 5.56 Å². The molecular formula is C21H14F3N3O2S. The van der Waals surface area contributed by atoms with Crippen LogP contribution in [0.2, 0.25) is 0 Å². The summed E-state index contributed by atoms with van der Waals surface area (Å²) >= 11 is 1.25. The Balaban J connectivity index is 1.40. The van der Waals surface area contributed by atoms with Crippen LogP contribution in [0, 0.1) is 0 Å². The monoisotopic (exact) mass is 429 g/mol. The van der Waals surface area contributed by atoms with Crippen LogP contribution in [0.4, 0.5) is 18.3 Å². The number of amides is 1. The number of rotatable bonds is 5. The molecular weight excluding hydrogens is 415 g/mol. The summed E-state index contributed by atoms with van der Waals surface area (Å²) in [7, 11) is 0. The van der Waals surface area contributed by atoms with Gasteiger partial charge in [-0.1, -0.05) is 12.1 Å². The third-order valence-corrected chi connectivity index (χ3v) is 5.12. The van der Waals surface area contributed by atoms with Gasteiger partial charge in [0.1, 0.15) is 5.76 Å². The van der Waals surface area contributed by atoms with Gasteiger partial charge < -0.3 is 4.42 Å². The van der Waals surface area contributed by atoms with E-state index in [1.165, 1.54) is 23.5 Å². The maximum Gasteiger partial charge on any atom is 0.416 e. The van der Waals surface area contributed by atoms with Gasteiger partial charge in [0, 0.05) is 35.5 Å². The van der Waals surface area contributed by atoms with Crippen LogP contribution in [0.3, 0.4) is 0 Å². The van der Waals surface area contributed by atoms with Crippen molar-refractivity contribution >= 4 is 22.4 Å². The summed E-state index contributed by atoms with van der Waals surface area (Å²) in [6.07, 6.45) is 0.918. The smallest absolute Gasteiger partial charge is 0.416 e. The van der Waals surface area contributed by atoms with Gasteiger partial charge in [0.15, 0.2) is 10.9 Å². The molecule has 0 bridgehead atoms. The first kappa shape index (κ1) is 19.8. The molecule has 9 heteroatoms. The minimum Gasteiger partial charge on any atom is -0.451 e. The number of hydrogen-bond acceptors (Lipinski definition) is 5. The molecule has 3 aromatic heterocycles. The summed E-state index contributed by atoms with van der Waals surface area (Å²) in [6, 6.07) is 11.8. The average Bonchev–Trinajstić information content (AvgIpc) is 3.38. The fourth-order valence-corrected chi connectivity index (χ4v) is 3.58. The molecule has 3 heterocycles. The first-order valence-corrected chi connectivity index (χ1v) is 9.62. The standard InChI is InChI=1S/C21H14F3N3O2S/c22-21(23,24)15-5-3-13(4-6-15)10-16-12-26-20(30-16)27-19(28)18-8-7-17(29-18)14-2-1-9-25-11-14/h1-9,11-12H,10H2,(H,26,27,28). The summed E-state index contributed by atoms with van der Waals surface area (Å²) in [5.41, 5.74) is 0.786. The van der Waals surface area contributed by atoms with Gasteiger partial charge in [-0.25, -0.2) is 4.98 Å². The first-order chi connectivity index (χ1) is 14.4. The van der Waals surface area contributed by atoms with E-state index >= 15 is 0 Å². The van der Waals surface area contributed by atoms with E-state index in [2.05, 4.69) is 15.3 Å². The molecule has 4 rings (SSSR count). The van der Waals surface area contributed by atoms with Crippen LogP contribution in [-0.2, 0) is 12.6 Å². The largest absolute Gasteiger partial charge is 0.451 e. The minimum atomic E-state index is -4.36. The minimum absolute atomic E-state index is 0.133. The maximum atomic E-state index is 12.7. The number of carbonyl (C=O) groups excluding carboxylic acids is 1. The highest BCUT2D eigenvalue weighted by Crippen LogP contribution is 2.30. The number of carbonyl (C=O) groups is 1. The zero-order valence-electron chi connectivity index (χ0n) is 15.3. The number of alkyl halides is 3. The molecule has 0 atom stereocenters. The fraction of sp³-hybridized carbons (Fsp3) is 0.0952. The van der Waals surface area contributed by atoms with Crippen LogP contribution < -0.4 is 5.32 Å². The Morgan fingerprint density at radius 1 is 1.07 bits per heavy atom. The number of halogens is 3. The quantitative estimate of drug-likeness (QED) is 0.445. The molecule has 0 aliphatic carbocycles. The number of anilines is 1. The molecule has 152 valence electrons. The highest BCUT2D eigenvalue weighted by Gasteiger charge is 2.29. The van der Waals surface area contributed by atoms with Crippen LogP contribution in [0.1, 0.15) is 26.6 Å². The number of furan rings is 1. The number of benzene rings is 1. The number of thiazole rings is 1.